The fraction of sp³-hybridized carbons (Fsp3) is 0.429. The van der Waals surface area contributed by atoms with Gasteiger partial charge in [0.1, 0.15) is 6.04 Å². The lowest BCUT2D eigenvalue weighted by molar-refractivity contribution is -0.141. The molecule has 1 aliphatic heterocycles. The predicted octanol–water partition coefficient (Wildman–Crippen LogP) is 2.55. The SMILES string of the molecule is CN(Cc1cccc(Br)c1)C(=O)N1CCC[C@@H]1C(=O)O. The summed E-state index contributed by atoms with van der Waals surface area (Å²) in [5.74, 6) is -0.924. The first kappa shape index (κ1) is 14.8. The number of carbonyl (C=O) groups is 2. The number of carboxylic acids is 1. The van der Waals surface area contributed by atoms with E-state index in [9.17, 15) is 9.59 Å². The van der Waals surface area contributed by atoms with E-state index in [0.29, 0.717) is 19.5 Å². The number of carboxylic acid groups (broad SMARTS) is 1. The smallest absolute Gasteiger partial charge is 0.326 e. The summed E-state index contributed by atoms with van der Waals surface area (Å²) >= 11 is 3.39. The zero-order valence-electron chi connectivity index (χ0n) is 11.3. The molecule has 0 aliphatic carbocycles. The molecular formula is C14H17BrN2O3. The third-order valence-corrected chi connectivity index (χ3v) is 3.91. The first-order valence-corrected chi connectivity index (χ1v) is 7.27. The van der Waals surface area contributed by atoms with Gasteiger partial charge < -0.3 is 14.9 Å². The van der Waals surface area contributed by atoms with Crippen LogP contribution in [-0.4, -0.2) is 46.5 Å². The third kappa shape index (κ3) is 3.30. The lowest BCUT2D eigenvalue weighted by Gasteiger charge is -2.27. The molecule has 108 valence electrons. The number of hydrogen-bond acceptors (Lipinski definition) is 2. The molecule has 1 fully saturated rings. The van der Waals surface area contributed by atoms with Gasteiger partial charge in [0.05, 0.1) is 0 Å². The maximum absolute atomic E-state index is 12.3. The van der Waals surface area contributed by atoms with Crippen molar-refractivity contribution in [3.63, 3.8) is 0 Å². The lowest BCUT2D eigenvalue weighted by Crippen LogP contribution is -2.46. The number of aliphatic carboxylic acids is 1. The molecule has 1 N–H and O–H groups in total. The molecule has 5 nitrogen and oxygen atoms in total. The van der Waals surface area contributed by atoms with E-state index >= 15 is 0 Å². The van der Waals surface area contributed by atoms with Gasteiger partial charge in [0.15, 0.2) is 0 Å². The van der Waals surface area contributed by atoms with Crippen LogP contribution < -0.4 is 0 Å². The Labute approximate surface area is 126 Å². The van der Waals surface area contributed by atoms with Crippen molar-refractivity contribution < 1.29 is 14.7 Å². The Kier molecular flexibility index (Phi) is 4.65. The third-order valence-electron chi connectivity index (χ3n) is 3.42. The van der Waals surface area contributed by atoms with Crippen LogP contribution in [0.3, 0.4) is 0 Å². The van der Waals surface area contributed by atoms with Crippen molar-refractivity contribution in [2.75, 3.05) is 13.6 Å². The normalized spacial score (nSPS) is 18.1. The Hall–Kier alpha value is -1.56. The molecule has 1 heterocycles. The maximum Gasteiger partial charge on any atom is 0.326 e. The minimum atomic E-state index is -0.924. The van der Waals surface area contributed by atoms with E-state index in [-0.39, 0.29) is 6.03 Å². The van der Waals surface area contributed by atoms with E-state index < -0.39 is 12.0 Å². The largest absolute Gasteiger partial charge is 0.480 e. The van der Waals surface area contributed by atoms with Gasteiger partial charge >= 0.3 is 12.0 Å². The summed E-state index contributed by atoms with van der Waals surface area (Å²) in [6, 6.07) is 6.80. The second-order valence-electron chi connectivity index (χ2n) is 4.96. The maximum atomic E-state index is 12.3. The zero-order chi connectivity index (χ0) is 14.7. The number of halogens is 1. The van der Waals surface area contributed by atoms with Gasteiger partial charge in [-0.25, -0.2) is 9.59 Å². The van der Waals surface area contributed by atoms with Crippen molar-refractivity contribution in [3.05, 3.63) is 34.3 Å². The van der Waals surface area contributed by atoms with Crippen LogP contribution in [0.1, 0.15) is 18.4 Å². The van der Waals surface area contributed by atoms with Crippen molar-refractivity contribution >= 4 is 27.9 Å². The average Bonchev–Trinajstić information content (AvgIpc) is 2.87. The summed E-state index contributed by atoms with van der Waals surface area (Å²) in [5.41, 5.74) is 1.00. The van der Waals surface area contributed by atoms with E-state index in [1.807, 2.05) is 24.3 Å². The number of carbonyl (C=O) groups excluding carboxylic acids is 1. The number of likely N-dealkylation sites (tertiary alicyclic amines) is 1. The first-order valence-electron chi connectivity index (χ1n) is 6.48. The Balaban J connectivity index is 2.03. The van der Waals surface area contributed by atoms with Crippen LogP contribution in [0.15, 0.2) is 28.7 Å². The van der Waals surface area contributed by atoms with Gasteiger partial charge in [0, 0.05) is 24.6 Å². The number of urea groups is 1. The molecule has 2 amide bonds. The van der Waals surface area contributed by atoms with Crippen molar-refractivity contribution in [2.45, 2.75) is 25.4 Å². The van der Waals surface area contributed by atoms with Gasteiger partial charge in [-0.05, 0) is 30.5 Å². The first-order chi connectivity index (χ1) is 9.49. The number of amides is 2. The van der Waals surface area contributed by atoms with E-state index in [1.54, 1.807) is 11.9 Å². The minimum absolute atomic E-state index is 0.227. The molecule has 0 radical (unpaired) electrons. The Morgan fingerprint density at radius 3 is 2.90 bits per heavy atom. The van der Waals surface area contributed by atoms with Crippen LogP contribution in [0.25, 0.3) is 0 Å². The number of rotatable bonds is 3. The monoisotopic (exact) mass is 340 g/mol. The highest BCUT2D eigenvalue weighted by Crippen LogP contribution is 2.20. The van der Waals surface area contributed by atoms with Crippen LogP contribution in [0.4, 0.5) is 4.79 Å². The van der Waals surface area contributed by atoms with E-state index in [2.05, 4.69) is 15.9 Å². The molecule has 20 heavy (non-hydrogen) atoms. The topological polar surface area (TPSA) is 60.9 Å². The zero-order valence-corrected chi connectivity index (χ0v) is 12.8. The Morgan fingerprint density at radius 2 is 2.25 bits per heavy atom. The highest BCUT2D eigenvalue weighted by atomic mass is 79.9. The average molecular weight is 341 g/mol. The van der Waals surface area contributed by atoms with Crippen molar-refractivity contribution in [1.82, 2.24) is 9.80 Å². The molecule has 1 aliphatic rings. The van der Waals surface area contributed by atoms with Crippen LogP contribution in [0.5, 0.6) is 0 Å². The number of benzene rings is 1. The Morgan fingerprint density at radius 1 is 1.50 bits per heavy atom. The van der Waals surface area contributed by atoms with Gasteiger partial charge in [0.25, 0.3) is 0 Å². The summed E-state index contributed by atoms with van der Waals surface area (Å²) in [5, 5.41) is 9.12. The number of hydrogen-bond donors (Lipinski definition) is 1. The molecule has 0 spiro atoms. The lowest BCUT2D eigenvalue weighted by atomic mass is 10.2. The second-order valence-corrected chi connectivity index (χ2v) is 5.87. The predicted molar refractivity (Wildman–Crippen MR) is 78.4 cm³/mol. The quantitative estimate of drug-likeness (QED) is 0.919. The van der Waals surface area contributed by atoms with E-state index in [1.165, 1.54) is 4.90 Å². The van der Waals surface area contributed by atoms with Gasteiger partial charge in [-0.1, -0.05) is 28.1 Å². The fourth-order valence-corrected chi connectivity index (χ4v) is 2.90. The highest BCUT2D eigenvalue weighted by Gasteiger charge is 2.35. The summed E-state index contributed by atoms with van der Waals surface area (Å²) < 4.78 is 0.959. The molecule has 0 bridgehead atoms. The second kappa shape index (κ2) is 6.26. The fourth-order valence-electron chi connectivity index (χ4n) is 2.45. The van der Waals surface area contributed by atoms with Gasteiger partial charge in [0.2, 0.25) is 0 Å². The molecule has 0 unspecified atom stereocenters. The summed E-state index contributed by atoms with van der Waals surface area (Å²) in [6.07, 6.45) is 1.28. The van der Waals surface area contributed by atoms with Gasteiger partial charge in [-0.3, -0.25) is 0 Å². The van der Waals surface area contributed by atoms with Crippen molar-refractivity contribution in [2.24, 2.45) is 0 Å². The van der Waals surface area contributed by atoms with Crippen molar-refractivity contribution in [1.29, 1.82) is 0 Å². The van der Waals surface area contributed by atoms with Crippen LogP contribution in [-0.2, 0) is 11.3 Å². The molecular weight excluding hydrogens is 324 g/mol. The number of nitrogens with zero attached hydrogens (tertiary/aromatic N) is 2. The molecule has 0 aromatic heterocycles. The van der Waals surface area contributed by atoms with E-state index in [0.717, 1.165) is 16.5 Å². The molecule has 1 atom stereocenters. The molecule has 2 rings (SSSR count). The summed E-state index contributed by atoms with van der Waals surface area (Å²) in [6.45, 7) is 0.972. The molecule has 1 aromatic rings. The summed E-state index contributed by atoms with van der Waals surface area (Å²) in [4.78, 5) is 26.5. The van der Waals surface area contributed by atoms with Crippen LogP contribution >= 0.6 is 15.9 Å². The highest BCUT2D eigenvalue weighted by molar-refractivity contribution is 9.10. The molecule has 0 saturated carbocycles. The summed E-state index contributed by atoms with van der Waals surface area (Å²) in [7, 11) is 1.69. The van der Waals surface area contributed by atoms with Gasteiger partial charge in [-0.2, -0.15) is 0 Å². The van der Waals surface area contributed by atoms with Crippen LogP contribution in [0, 0.1) is 0 Å². The molecule has 1 aromatic carbocycles. The minimum Gasteiger partial charge on any atom is -0.480 e. The molecule has 6 heteroatoms. The standard InChI is InChI=1S/C14H17BrN2O3/c1-16(9-10-4-2-5-11(15)8-10)14(20)17-7-3-6-12(17)13(18)19/h2,4-5,8,12H,3,6-7,9H2,1H3,(H,18,19)/t12-/m1/s1. The molecule has 1 saturated heterocycles. The van der Waals surface area contributed by atoms with Crippen molar-refractivity contribution in [3.8, 4) is 0 Å². The van der Waals surface area contributed by atoms with Gasteiger partial charge in [-0.15, -0.1) is 0 Å². The van der Waals surface area contributed by atoms with E-state index in [4.69, 9.17) is 5.11 Å². The Bertz CT molecular complexity index is 521. The van der Waals surface area contributed by atoms with Crippen LogP contribution in [0.2, 0.25) is 0 Å².